The van der Waals surface area contributed by atoms with Gasteiger partial charge in [0.2, 0.25) is 11.4 Å². The number of benzene rings is 2. The van der Waals surface area contributed by atoms with Crippen LogP contribution in [-0.4, -0.2) is 4.98 Å². The van der Waals surface area contributed by atoms with Crippen LogP contribution in [0, 0.1) is 112 Å². The Labute approximate surface area is 274 Å². The van der Waals surface area contributed by atoms with Crippen LogP contribution in [-0.2, 0) is 0 Å². The highest BCUT2D eigenvalue weighted by Gasteiger charge is 2.44. The van der Waals surface area contributed by atoms with E-state index in [0.29, 0.717) is 18.3 Å². The van der Waals surface area contributed by atoms with E-state index in [9.17, 15) is 40.4 Å². The minimum absolute atomic E-state index is 0.386. The van der Waals surface area contributed by atoms with Crippen LogP contribution >= 0.6 is 0 Å². The van der Waals surface area contributed by atoms with Crippen molar-refractivity contribution in [2.75, 3.05) is 0 Å². The quantitative estimate of drug-likeness (QED) is 0.211. The molecule has 0 N–H and O–H groups in total. The number of hydrogen-bond donors (Lipinski definition) is 0. The molecule has 49 heavy (non-hydrogen) atoms. The number of allylic oxidation sites excluding steroid dienone is 7. The van der Waals surface area contributed by atoms with E-state index in [4.69, 9.17) is 26.3 Å². The lowest BCUT2D eigenvalue weighted by Crippen LogP contribution is -2.04. The van der Waals surface area contributed by atoms with Gasteiger partial charge in [-0.05, 0) is 40.5 Å². The summed E-state index contributed by atoms with van der Waals surface area (Å²) in [6.45, 7) is 30.5. The Balaban J connectivity index is 2.15. The Hall–Kier alpha value is -8.76. The number of rotatable bonds is 2. The number of aromatic nitrogens is 1. The van der Waals surface area contributed by atoms with Gasteiger partial charge in [-0.2, -0.15) is 21.0 Å². The molecule has 5 rings (SSSR count). The monoisotopic (exact) mass is 635 g/mol. The van der Waals surface area contributed by atoms with Crippen LogP contribution in [0.3, 0.4) is 0 Å². The minimum Gasteiger partial charge on any atom is -0.242 e. The predicted octanol–water partition coefficient (Wildman–Crippen LogP) is 7.22. The molecular weight excluding hydrogens is 631 g/mol. The first kappa shape index (κ1) is 31.7. The fraction of sp³-hybridized carbons (Fsp3) is 0. The molecule has 1 heterocycles. The maximum atomic E-state index is 15.6. The van der Waals surface area contributed by atoms with Gasteiger partial charge in [0.25, 0.3) is 11.4 Å². The molecule has 2 aromatic carbocycles. The van der Waals surface area contributed by atoms with Crippen molar-refractivity contribution in [3.05, 3.63) is 149 Å². The van der Waals surface area contributed by atoms with E-state index in [2.05, 4.69) is 24.4 Å². The van der Waals surface area contributed by atoms with Crippen LogP contribution in [0.1, 0.15) is 50.2 Å². The third-order valence-corrected chi connectivity index (χ3v) is 7.49. The van der Waals surface area contributed by atoms with Crippen molar-refractivity contribution in [2.24, 2.45) is 0 Å². The van der Waals surface area contributed by atoms with Crippen molar-refractivity contribution >= 4 is 39.2 Å². The lowest BCUT2D eigenvalue weighted by molar-refractivity contribution is 0.602. The van der Waals surface area contributed by atoms with Crippen molar-refractivity contribution in [3.63, 3.8) is 0 Å². The summed E-state index contributed by atoms with van der Waals surface area (Å²) in [7, 11) is 0. The molecule has 1 aromatic heterocycles. The van der Waals surface area contributed by atoms with Crippen LogP contribution in [0.4, 0.5) is 18.9 Å². The zero-order chi connectivity index (χ0) is 35.7. The number of nitrogens with zero attached hydrogens (tertiary/aromatic N) is 11. The first-order chi connectivity index (χ1) is 23.7. The van der Waals surface area contributed by atoms with Crippen molar-refractivity contribution in [2.45, 2.75) is 0 Å². The van der Waals surface area contributed by atoms with Crippen LogP contribution in [0.5, 0.6) is 0 Å². The van der Waals surface area contributed by atoms with Gasteiger partial charge >= 0.3 is 0 Å². The van der Waals surface area contributed by atoms with Crippen LogP contribution in [0.15, 0.2) is 35.8 Å². The van der Waals surface area contributed by atoms with Gasteiger partial charge in [-0.25, -0.2) is 48.1 Å². The molecule has 11 nitrogen and oxygen atoms in total. The van der Waals surface area contributed by atoms with Crippen LogP contribution in [0.2, 0.25) is 0 Å². The van der Waals surface area contributed by atoms with Gasteiger partial charge in [0.15, 0.2) is 0 Å². The molecule has 3 aromatic rings. The molecule has 14 heteroatoms. The second-order valence-corrected chi connectivity index (χ2v) is 9.62. The van der Waals surface area contributed by atoms with Gasteiger partial charge < -0.3 is 0 Å². The summed E-state index contributed by atoms with van der Waals surface area (Å²) < 4.78 is 45.2. The summed E-state index contributed by atoms with van der Waals surface area (Å²) >= 11 is 0. The zero-order valence-electron chi connectivity index (χ0n) is 23.9. The molecule has 0 saturated heterocycles. The van der Waals surface area contributed by atoms with E-state index >= 15 is 4.39 Å². The SMILES string of the molecule is [C-]#[N+]C1=C(c2cc(F)c([N+]#[C-])cc2F)/C(=C(/C#N)[N+]#[C-])c2c(C#N)c3c(c(C#N)c21)/C(=C(/C#N)[N+]#[C-])C(c1cc(F)cnc1C#N)=C3C#N. The van der Waals surface area contributed by atoms with Crippen molar-refractivity contribution in [1.82, 2.24) is 4.98 Å². The van der Waals surface area contributed by atoms with Gasteiger partial charge in [-0.3, -0.25) is 0 Å². The summed E-state index contributed by atoms with van der Waals surface area (Å²) in [5.41, 5.74) is -10.1. The summed E-state index contributed by atoms with van der Waals surface area (Å²) in [5, 5.41) is 61.5. The number of pyridine rings is 1. The van der Waals surface area contributed by atoms with Crippen LogP contribution < -0.4 is 0 Å². The number of hydrogen-bond acceptors (Lipinski definition) is 7. The average molecular weight is 635 g/mol. The van der Waals surface area contributed by atoms with Crippen molar-refractivity contribution in [1.29, 1.82) is 31.6 Å². The Morgan fingerprint density at radius 1 is 0.633 bits per heavy atom. The number of halogens is 3. The third kappa shape index (κ3) is 4.32. The summed E-state index contributed by atoms with van der Waals surface area (Å²) in [4.78, 5) is 16.4. The molecule has 0 aliphatic heterocycles. The normalized spacial score (nSPS) is 14.1. The molecule has 0 spiro atoms. The lowest BCUT2D eigenvalue weighted by Gasteiger charge is -2.17. The summed E-state index contributed by atoms with van der Waals surface area (Å²) in [6, 6.07) is 12.3. The molecule has 2 aliphatic carbocycles. The van der Waals surface area contributed by atoms with Gasteiger partial charge in [0.05, 0.1) is 67.4 Å². The molecule has 0 radical (unpaired) electrons. The summed E-state index contributed by atoms with van der Waals surface area (Å²) in [5.74, 6) is -3.49. The van der Waals surface area contributed by atoms with E-state index in [1.165, 1.54) is 0 Å². The fourth-order valence-electron chi connectivity index (χ4n) is 5.74. The molecule has 0 fully saturated rings. The highest BCUT2D eigenvalue weighted by molar-refractivity contribution is 6.31. The van der Waals surface area contributed by atoms with Gasteiger partial charge in [-0.1, -0.05) is 0 Å². The van der Waals surface area contributed by atoms with E-state index in [-0.39, 0.29) is 5.56 Å². The Morgan fingerprint density at radius 2 is 1.22 bits per heavy atom. The Bertz CT molecular complexity index is 2710. The molecule has 0 bridgehead atoms. The first-order valence-electron chi connectivity index (χ1n) is 12.9. The van der Waals surface area contributed by atoms with E-state index in [1.807, 2.05) is 18.2 Å². The molecule has 2 aliphatic rings. The molecule has 0 unspecified atom stereocenters. The fourth-order valence-corrected chi connectivity index (χ4v) is 5.74. The van der Waals surface area contributed by atoms with Crippen molar-refractivity contribution < 1.29 is 13.2 Å². The Morgan fingerprint density at radius 3 is 1.73 bits per heavy atom. The summed E-state index contributed by atoms with van der Waals surface area (Å²) in [6.07, 6.45) is 0.696. The topological polar surface area (TPSA) is 173 Å². The van der Waals surface area contributed by atoms with Crippen LogP contribution in [0.25, 0.3) is 52.9 Å². The maximum Gasteiger partial charge on any atom is 0.270 e. The zero-order valence-corrected chi connectivity index (χ0v) is 23.9. The van der Waals surface area contributed by atoms with E-state index in [1.54, 1.807) is 18.2 Å². The maximum absolute atomic E-state index is 15.6. The van der Waals surface area contributed by atoms with Gasteiger partial charge in [0.1, 0.15) is 41.4 Å². The standard InChI is InChI=1S/C35H4F3N11/c1-45-23-7-21(37)16(6-22(23)38)31-34(26(13-44)47-3)30-19(9-40)28-18(8-39)27(17-5-15(36)14-49-24(17)11-42)33(25(12-43)46-2)29(28)20(10-41)32(30)35(31)48-4/h5-7,14H/b33-25-,34-26-. The molecular formula is C35H4F3N11. The highest BCUT2D eigenvalue weighted by atomic mass is 19.1. The minimum atomic E-state index is -1.26. The first-order valence-corrected chi connectivity index (χ1v) is 12.9. The van der Waals surface area contributed by atoms with Crippen molar-refractivity contribution in [3.8, 4) is 36.4 Å². The lowest BCUT2D eigenvalue weighted by atomic mass is 9.84. The average Bonchev–Trinajstić information content (AvgIpc) is 3.62. The smallest absolute Gasteiger partial charge is 0.242 e. The molecule has 0 atom stereocenters. The van der Waals surface area contributed by atoms with Gasteiger partial charge in [0, 0.05) is 33.4 Å². The van der Waals surface area contributed by atoms with E-state index < -0.39 is 113 Å². The highest BCUT2D eigenvalue weighted by Crippen LogP contribution is 2.59. The largest absolute Gasteiger partial charge is 0.270 e. The molecule has 0 saturated carbocycles. The van der Waals surface area contributed by atoms with E-state index in [0.717, 1.165) is 6.07 Å². The molecule has 220 valence electrons. The Kier molecular flexibility index (Phi) is 7.73. The third-order valence-electron chi connectivity index (χ3n) is 7.49. The van der Waals surface area contributed by atoms with Gasteiger partial charge in [-0.15, -0.1) is 0 Å². The predicted molar refractivity (Wildman–Crippen MR) is 162 cm³/mol. The molecule has 0 amide bonds. The number of fused-ring (bicyclic) bond motifs is 2. The second kappa shape index (κ2) is 12.0. The second-order valence-electron chi connectivity index (χ2n) is 9.62. The number of nitriles is 6.